The highest BCUT2D eigenvalue weighted by molar-refractivity contribution is 5.21. The van der Waals surface area contributed by atoms with E-state index >= 15 is 0 Å². The Morgan fingerprint density at radius 2 is 2.08 bits per heavy atom. The van der Waals surface area contributed by atoms with E-state index in [9.17, 15) is 5.11 Å². The van der Waals surface area contributed by atoms with Gasteiger partial charge in [-0.05, 0) is 24.7 Å². The predicted molar refractivity (Wildman–Crippen MR) is 44.7 cm³/mol. The molecule has 0 aromatic heterocycles. The molecule has 0 spiro atoms. The van der Waals surface area contributed by atoms with Gasteiger partial charge in [0.05, 0.1) is 17.3 Å². The standard InChI is InChI=1S/C10H16O2/c1-6(2)10-4-7-3-9(7,11)5-8(10)12-10/h6-8,11H,3-5H2,1-2H3. The maximum absolute atomic E-state index is 9.86. The summed E-state index contributed by atoms with van der Waals surface area (Å²) in [5.41, 5.74) is -0.132. The van der Waals surface area contributed by atoms with E-state index in [0.717, 1.165) is 19.3 Å². The first-order chi connectivity index (χ1) is 5.57. The van der Waals surface area contributed by atoms with Gasteiger partial charge >= 0.3 is 0 Å². The van der Waals surface area contributed by atoms with Crippen LogP contribution in [0, 0.1) is 11.8 Å². The molecule has 1 saturated heterocycles. The molecule has 4 unspecified atom stereocenters. The van der Waals surface area contributed by atoms with Crippen molar-refractivity contribution in [3.63, 3.8) is 0 Å². The molecule has 3 aliphatic rings. The molecule has 1 heterocycles. The fourth-order valence-electron chi connectivity index (χ4n) is 2.95. The largest absolute Gasteiger partial charge is 0.389 e. The van der Waals surface area contributed by atoms with Crippen LogP contribution in [-0.2, 0) is 4.74 Å². The first-order valence-corrected chi connectivity index (χ1v) is 4.97. The van der Waals surface area contributed by atoms with E-state index in [0.29, 0.717) is 17.9 Å². The van der Waals surface area contributed by atoms with Gasteiger partial charge in [0.2, 0.25) is 0 Å². The molecule has 0 aromatic carbocycles. The van der Waals surface area contributed by atoms with Crippen molar-refractivity contribution in [3.8, 4) is 0 Å². The topological polar surface area (TPSA) is 32.8 Å². The van der Waals surface area contributed by atoms with Crippen molar-refractivity contribution in [3.05, 3.63) is 0 Å². The van der Waals surface area contributed by atoms with Crippen LogP contribution in [0.15, 0.2) is 0 Å². The van der Waals surface area contributed by atoms with Crippen molar-refractivity contribution in [1.29, 1.82) is 0 Å². The third kappa shape index (κ3) is 0.686. The van der Waals surface area contributed by atoms with Crippen molar-refractivity contribution in [2.24, 2.45) is 11.8 Å². The Morgan fingerprint density at radius 3 is 2.75 bits per heavy atom. The summed E-state index contributed by atoms with van der Waals surface area (Å²) in [6.07, 6.45) is 3.41. The minimum absolute atomic E-state index is 0.174. The van der Waals surface area contributed by atoms with Crippen molar-refractivity contribution in [1.82, 2.24) is 0 Å². The number of ether oxygens (including phenoxy) is 1. The minimum Gasteiger partial charge on any atom is -0.389 e. The molecule has 2 saturated carbocycles. The Kier molecular flexibility index (Phi) is 1.06. The highest BCUT2D eigenvalue weighted by Crippen LogP contribution is 2.65. The first kappa shape index (κ1) is 7.34. The van der Waals surface area contributed by atoms with Crippen LogP contribution in [0.5, 0.6) is 0 Å². The molecule has 0 amide bonds. The zero-order chi connectivity index (χ0) is 8.56. The number of rotatable bonds is 1. The fourth-order valence-corrected chi connectivity index (χ4v) is 2.95. The summed E-state index contributed by atoms with van der Waals surface area (Å²) in [7, 11) is 0. The molecule has 0 bridgehead atoms. The van der Waals surface area contributed by atoms with Gasteiger partial charge in [-0.2, -0.15) is 0 Å². The molecule has 1 aliphatic heterocycles. The average Bonchev–Trinajstić information content (AvgIpc) is 2.74. The number of fused-ring (bicyclic) bond motifs is 2. The highest BCUT2D eigenvalue weighted by atomic mass is 16.6. The van der Waals surface area contributed by atoms with Crippen LogP contribution in [0.2, 0.25) is 0 Å². The number of hydrogen-bond donors (Lipinski definition) is 1. The quantitative estimate of drug-likeness (QED) is 0.599. The normalized spacial score (nSPS) is 61.0. The van der Waals surface area contributed by atoms with Gasteiger partial charge in [0.1, 0.15) is 0 Å². The number of hydrogen-bond acceptors (Lipinski definition) is 2. The van der Waals surface area contributed by atoms with Crippen LogP contribution in [0.4, 0.5) is 0 Å². The Balaban J connectivity index is 1.82. The van der Waals surface area contributed by atoms with Gasteiger partial charge in [-0.3, -0.25) is 0 Å². The number of epoxide rings is 1. The van der Waals surface area contributed by atoms with Gasteiger partial charge in [0.15, 0.2) is 0 Å². The Morgan fingerprint density at radius 1 is 1.33 bits per heavy atom. The summed E-state index contributed by atoms with van der Waals surface area (Å²) in [5, 5.41) is 9.86. The molecule has 3 fully saturated rings. The van der Waals surface area contributed by atoms with E-state index in [1.54, 1.807) is 0 Å². The average molecular weight is 168 g/mol. The summed E-state index contributed by atoms with van der Waals surface area (Å²) in [4.78, 5) is 0. The molecule has 3 rings (SSSR count). The molecule has 2 heteroatoms. The van der Waals surface area contributed by atoms with E-state index in [2.05, 4.69) is 13.8 Å². The zero-order valence-electron chi connectivity index (χ0n) is 7.71. The molecule has 2 nitrogen and oxygen atoms in total. The van der Waals surface area contributed by atoms with Crippen LogP contribution < -0.4 is 0 Å². The smallest absolute Gasteiger partial charge is 0.0975 e. The van der Waals surface area contributed by atoms with Gasteiger partial charge in [0, 0.05) is 6.42 Å². The highest BCUT2D eigenvalue weighted by Gasteiger charge is 2.72. The van der Waals surface area contributed by atoms with E-state index in [4.69, 9.17) is 4.74 Å². The third-order valence-electron chi connectivity index (χ3n) is 4.13. The first-order valence-electron chi connectivity index (χ1n) is 4.97. The maximum Gasteiger partial charge on any atom is 0.0975 e. The van der Waals surface area contributed by atoms with E-state index in [1.165, 1.54) is 0 Å². The monoisotopic (exact) mass is 168 g/mol. The second-order valence-electron chi connectivity index (χ2n) is 5.13. The molecule has 12 heavy (non-hydrogen) atoms. The SMILES string of the molecule is CC(C)C12CC3CC3(O)CC1O2. The molecule has 2 aliphatic carbocycles. The molecule has 4 atom stereocenters. The van der Waals surface area contributed by atoms with Crippen LogP contribution >= 0.6 is 0 Å². The summed E-state index contributed by atoms with van der Waals surface area (Å²) in [5.74, 6) is 1.17. The van der Waals surface area contributed by atoms with Crippen molar-refractivity contribution < 1.29 is 9.84 Å². The molecule has 0 radical (unpaired) electrons. The lowest BCUT2D eigenvalue weighted by Gasteiger charge is -2.23. The lowest BCUT2D eigenvalue weighted by atomic mass is 9.80. The second-order valence-corrected chi connectivity index (χ2v) is 5.13. The maximum atomic E-state index is 9.86. The van der Waals surface area contributed by atoms with Crippen LogP contribution in [-0.4, -0.2) is 22.4 Å². The van der Waals surface area contributed by atoms with E-state index in [1.807, 2.05) is 0 Å². The molecule has 68 valence electrons. The molecular weight excluding hydrogens is 152 g/mol. The lowest BCUT2D eigenvalue weighted by Crippen LogP contribution is -2.32. The Hall–Kier alpha value is -0.0800. The van der Waals surface area contributed by atoms with E-state index in [-0.39, 0.29) is 11.2 Å². The van der Waals surface area contributed by atoms with Gasteiger partial charge in [-0.25, -0.2) is 0 Å². The van der Waals surface area contributed by atoms with Gasteiger partial charge in [0.25, 0.3) is 0 Å². The molecule has 1 N–H and O–H groups in total. The minimum atomic E-state index is -0.306. The van der Waals surface area contributed by atoms with E-state index < -0.39 is 0 Å². The predicted octanol–water partition coefficient (Wildman–Crippen LogP) is 1.32. The van der Waals surface area contributed by atoms with Gasteiger partial charge in [-0.15, -0.1) is 0 Å². The molecule has 0 aromatic rings. The van der Waals surface area contributed by atoms with Gasteiger partial charge in [-0.1, -0.05) is 13.8 Å². The Labute approximate surface area is 72.9 Å². The van der Waals surface area contributed by atoms with Crippen LogP contribution in [0.25, 0.3) is 0 Å². The lowest BCUT2D eigenvalue weighted by molar-refractivity contribution is 0.0977. The van der Waals surface area contributed by atoms with Crippen LogP contribution in [0.3, 0.4) is 0 Å². The van der Waals surface area contributed by atoms with Crippen molar-refractivity contribution in [2.45, 2.75) is 50.4 Å². The molecular formula is C10H16O2. The summed E-state index contributed by atoms with van der Waals surface area (Å²) < 4.78 is 5.73. The van der Waals surface area contributed by atoms with Crippen LogP contribution in [0.1, 0.15) is 33.1 Å². The van der Waals surface area contributed by atoms with Crippen molar-refractivity contribution >= 4 is 0 Å². The summed E-state index contributed by atoms with van der Waals surface area (Å²) >= 11 is 0. The fraction of sp³-hybridized carbons (Fsp3) is 1.00. The summed E-state index contributed by atoms with van der Waals surface area (Å²) in [6, 6.07) is 0. The second kappa shape index (κ2) is 1.73. The van der Waals surface area contributed by atoms with Crippen molar-refractivity contribution in [2.75, 3.05) is 0 Å². The zero-order valence-corrected chi connectivity index (χ0v) is 7.71. The third-order valence-corrected chi connectivity index (χ3v) is 4.13. The summed E-state index contributed by atoms with van der Waals surface area (Å²) in [6.45, 7) is 4.46. The van der Waals surface area contributed by atoms with Gasteiger partial charge < -0.3 is 9.84 Å². The number of aliphatic hydroxyl groups is 1. The Bertz CT molecular complexity index is 238.